The minimum atomic E-state index is 1.02. The van der Waals surface area contributed by atoms with E-state index >= 15 is 0 Å². The zero-order valence-electron chi connectivity index (χ0n) is 9.97. The van der Waals surface area contributed by atoms with Crippen molar-refractivity contribution < 1.29 is 0 Å². The Labute approximate surface area is 105 Å². The van der Waals surface area contributed by atoms with E-state index in [-0.39, 0.29) is 0 Å². The van der Waals surface area contributed by atoms with Gasteiger partial charge in [-0.25, -0.2) is 0 Å². The molecule has 1 heterocycles. The van der Waals surface area contributed by atoms with Crippen molar-refractivity contribution in [3.05, 3.63) is 33.9 Å². The molecule has 0 amide bonds. The maximum absolute atomic E-state index is 3.53. The van der Waals surface area contributed by atoms with E-state index in [4.69, 9.17) is 0 Å². The van der Waals surface area contributed by atoms with Gasteiger partial charge in [-0.1, -0.05) is 22.0 Å². The summed E-state index contributed by atoms with van der Waals surface area (Å²) in [6, 6.07) is 6.49. The van der Waals surface area contributed by atoms with Gasteiger partial charge < -0.3 is 9.88 Å². The van der Waals surface area contributed by atoms with E-state index in [1.54, 1.807) is 0 Å². The lowest BCUT2D eigenvalue weighted by molar-refractivity contribution is 0.742. The lowest BCUT2D eigenvalue weighted by Gasteiger charge is -2.05. The van der Waals surface area contributed by atoms with Crippen LogP contribution in [0.2, 0.25) is 0 Å². The van der Waals surface area contributed by atoms with Gasteiger partial charge in [0.25, 0.3) is 0 Å². The number of aromatic nitrogens is 1. The molecule has 0 spiro atoms. The minimum Gasteiger partial charge on any atom is -0.347 e. The molecule has 0 atom stereocenters. The van der Waals surface area contributed by atoms with Gasteiger partial charge in [-0.15, -0.1) is 0 Å². The van der Waals surface area contributed by atoms with E-state index in [9.17, 15) is 0 Å². The topological polar surface area (TPSA) is 17.0 Å². The van der Waals surface area contributed by atoms with Crippen LogP contribution in [-0.4, -0.2) is 18.2 Å². The van der Waals surface area contributed by atoms with Gasteiger partial charge in [-0.2, -0.15) is 0 Å². The molecule has 1 aromatic carbocycles. The van der Waals surface area contributed by atoms with Crippen molar-refractivity contribution in [1.29, 1.82) is 0 Å². The standard InChI is InChI=1S/C13H17BrN2/c1-9-11-5-4-10(14)8-13(11)16(3)12(9)6-7-15-2/h4-5,8,15H,6-7H2,1-3H3. The number of aryl methyl sites for hydroxylation is 2. The molecule has 0 aliphatic carbocycles. The Bertz CT molecular complexity index is 514. The average molecular weight is 281 g/mol. The number of nitrogens with one attached hydrogen (secondary N) is 1. The molecule has 1 aromatic heterocycles. The van der Waals surface area contributed by atoms with Gasteiger partial charge in [0, 0.05) is 41.1 Å². The van der Waals surface area contributed by atoms with Gasteiger partial charge in [-0.3, -0.25) is 0 Å². The summed E-state index contributed by atoms with van der Waals surface area (Å²) in [6.07, 6.45) is 1.07. The quantitative estimate of drug-likeness (QED) is 0.915. The molecule has 3 heteroatoms. The average Bonchev–Trinajstić information content (AvgIpc) is 2.50. The Hall–Kier alpha value is -0.800. The zero-order chi connectivity index (χ0) is 11.7. The highest BCUT2D eigenvalue weighted by Crippen LogP contribution is 2.27. The number of halogens is 1. The summed E-state index contributed by atoms with van der Waals surface area (Å²) in [5.41, 5.74) is 4.13. The summed E-state index contributed by atoms with van der Waals surface area (Å²) in [7, 11) is 4.14. The van der Waals surface area contributed by atoms with Crippen LogP contribution in [0.4, 0.5) is 0 Å². The fraction of sp³-hybridized carbons (Fsp3) is 0.385. The Morgan fingerprint density at radius 1 is 1.38 bits per heavy atom. The van der Waals surface area contributed by atoms with Gasteiger partial charge >= 0.3 is 0 Å². The number of benzene rings is 1. The lowest BCUT2D eigenvalue weighted by atomic mass is 10.1. The van der Waals surface area contributed by atoms with Crippen LogP contribution in [0.15, 0.2) is 22.7 Å². The molecule has 0 fully saturated rings. The molecule has 2 rings (SSSR count). The van der Waals surface area contributed by atoms with Crippen molar-refractivity contribution >= 4 is 26.8 Å². The highest BCUT2D eigenvalue weighted by Gasteiger charge is 2.10. The summed E-state index contributed by atoms with van der Waals surface area (Å²) in [5.74, 6) is 0. The number of hydrogen-bond acceptors (Lipinski definition) is 1. The van der Waals surface area contributed by atoms with Crippen LogP contribution in [0.3, 0.4) is 0 Å². The molecule has 0 unspecified atom stereocenters. The molecule has 0 bridgehead atoms. The third-order valence-electron chi connectivity index (χ3n) is 3.17. The number of likely N-dealkylation sites (N-methyl/N-ethyl adjacent to an activating group) is 1. The Kier molecular flexibility index (Phi) is 3.36. The summed E-state index contributed by atoms with van der Waals surface area (Å²) >= 11 is 3.53. The fourth-order valence-corrected chi connectivity index (χ4v) is 2.60. The Balaban J connectivity index is 2.57. The molecule has 0 saturated carbocycles. The van der Waals surface area contributed by atoms with E-state index in [1.165, 1.54) is 22.2 Å². The van der Waals surface area contributed by atoms with Crippen LogP contribution in [0.25, 0.3) is 10.9 Å². The zero-order valence-corrected chi connectivity index (χ0v) is 11.6. The third-order valence-corrected chi connectivity index (χ3v) is 3.67. The molecular weight excluding hydrogens is 264 g/mol. The maximum atomic E-state index is 3.53. The maximum Gasteiger partial charge on any atom is 0.0493 e. The molecule has 16 heavy (non-hydrogen) atoms. The minimum absolute atomic E-state index is 1.02. The van der Waals surface area contributed by atoms with Crippen molar-refractivity contribution in [2.24, 2.45) is 7.05 Å². The summed E-state index contributed by atoms with van der Waals surface area (Å²) in [6.45, 7) is 3.23. The second-order valence-corrected chi connectivity index (χ2v) is 5.06. The van der Waals surface area contributed by atoms with Gasteiger partial charge in [0.1, 0.15) is 0 Å². The van der Waals surface area contributed by atoms with Gasteiger partial charge in [-0.05, 0) is 31.7 Å². The number of nitrogens with zero attached hydrogens (tertiary/aromatic N) is 1. The normalized spacial score (nSPS) is 11.2. The lowest BCUT2D eigenvalue weighted by Crippen LogP contribution is -2.12. The van der Waals surface area contributed by atoms with Crippen LogP contribution in [0, 0.1) is 6.92 Å². The molecule has 86 valence electrons. The van der Waals surface area contributed by atoms with Crippen molar-refractivity contribution in [3.8, 4) is 0 Å². The first-order valence-electron chi connectivity index (χ1n) is 5.53. The van der Waals surface area contributed by atoms with Crippen molar-refractivity contribution in [2.75, 3.05) is 13.6 Å². The first-order valence-corrected chi connectivity index (χ1v) is 6.32. The van der Waals surface area contributed by atoms with Gasteiger partial charge in [0.2, 0.25) is 0 Å². The first kappa shape index (κ1) is 11.7. The highest BCUT2D eigenvalue weighted by molar-refractivity contribution is 9.10. The van der Waals surface area contributed by atoms with E-state index in [0.29, 0.717) is 0 Å². The predicted molar refractivity (Wildman–Crippen MR) is 73.0 cm³/mol. The van der Waals surface area contributed by atoms with E-state index in [0.717, 1.165) is 17.4 Å². The third kappa shape index (κ3) is 1.89. The van der Waals surface area contributed by atoms with E-state index in [1.807, 2.05) is 7.05 Å². The van der Waals surface area contributed by atoms with Crippen molar-refractivity contribution in [2.45, 2.75) is 13.3 Å². The van der Waals surface area contributed by atoms with E-state index in [2.05, 4.69) is 58.0 Å². The van der Waals surface area contributed by atoms with E-state index < -0.39 is 0 Å². The van der Waals surface area contributed by atoms with Crippen LogP contribution in [0.5, 0.6) is 0 Å². The predicted octanol–water partition coefficient (Wildman–Crippen LogP) is 3.01. The van der Waals surface area contributed by atoms with Crippen LogP contribution >= 0.6 is 15.9 Å². The van der Waals surface area contributed by atoms with Crippen LogP contribution in [-0.2, 0) is 13.5 Å². The molecule has 1 N–H and O–H groups in total. The number of hydrogen-bond donors (Lipinski definition) is 1. The largest absolute Gasteiger partial charge is 0.347 e. The first-order chi connectivity index (χ1) is 7.65. The molecule has 0 saturated heterocycles. The molecule has 0 aliphatic heterocycles. The molecule has 0 aliphatic rings. The van der Waals surface area contributed by atoms with Crippen LogP contribution < -0.4 is 5.32 Å². The summed E-state index contributed by atoms with van der Waals surface area (Å²) < 4.78 is 3.44. The van der Waals surface area contributed by atoms with Gasteiger partial charge in [0.15, 0.2) is 0 Å². The smallest absolute Gasteiger partial charge is 0.0493 e. The second kappa shape index (κ2) is 4.60. The van der Waals surface area contributed by atoms with Crippen molar-refractivity contribution in [3.63, 3.8) is 0 Å². The number of rotatable bonds is 3. The monoisotopic (exact) mass is 280 g/mol. The van der Waals surface area contributed by atoms with Crippen LogP contribution in [0.1, 0.15) is 11.3 Å². The SMILES string of the molecule is CNCCc1c(C)c2ccc(Br)cc2n1C. The van der Waals surface area contributed by atoms with Crippen molar-refractivity contribution in [1.82, 2.24) is 9.88 Å². The summed E-state index contributed by atoms with van der Waals surface area (Å²) in [4.78, 5) is 0. The molecular formula is C13H17BrN2. The summed E-state index contributed by atoms with van der Waals surface area (Å²) in [5, 5.41) is 4.56. The highest BCUT2D eigenvalue weighted by atomic mass is 79.9. The molecule has 2 aromatic rings. The Morgan fingerprint density at radius 3 is 2.81 bits per heavy atom. The fourth-order valence-electron chi connectivity index (χ4n) is 2.25. The molecule has 2 nitrogen and oxygen atoms in total. The number of fused-ring (bicyclic) bond motifs is 1. The second-order valence-electron chi connectivity index (χ2n) is 4.15. The molecule has 0 radical (unpaired) electrons. The Morgan fingerprint density at radius 2 is 2.12 bits per heavy atom. The van der Waals surface area contributed by atoms with Gasteiger partial charge in [0.05, 0.1) is 0 Å².